The van der Waals surface area contributed by atoms with Crippen LogP contribution in [-0.4, -0.2) is 40.2 Å². The number of carbonyl (C=O) groups is 1. The second-order valence-corrected chi connectivity index (χ2v) is 7.23. The molecule has 3 aromatic rings. The molecule has 1 aromatic heterocycles. The van der Waals surface area contributed by atoms with E-state index in [4.69, 9.17) is 11.6 Å². The highest BCUT2D eigenvalue weighted by Gasteiger charge is 2.28. The zero-order valence-electron chi connectivity index (χ0n) is 15.3. The summed E-state index contributed by atoms with van der Waals surface area (Å²) < 4.78 is 1.72. The van der Waals surface area contributed by atoms with Crippen molar-refractivity contribution in [3.63, 3.8) is 0 Å². The second kappa shape index (κ2) is 8.12. The molecule has 1 unspecified atom stereocenters. The van der Waals surface area contributed by atoms with Gasteiger partial charge in [-0.2, -0.15) is 5.10 Å². The molecule has 1 N–H and O–H groups in total. The number of carbonyl (C=O) groups excluding carboxylic acids is 1. The molecule has 0 saturated carbocycles. The average Bonchev–Trinajstić information content (AvgIpc) is 2.74. The lowest BCUT2D eigenvalue weighted by Crippen LogP contribution is -2.49. The first-order valence-electron chi connectivity index (χ1n) is 9.34. The van der Waals surface area contributed by atoms with E-state index in [0.29, 0.717) is 36.5 Å². The quantitative estimate of drug-likeness (QED) is 0.736. The SMILES string of the molecule is O=C(CCn1ncc(=O)c2ccccc21)N1CCNCC1c1ccccc1Cl. The zero-order valence-corrected chi connectivity index (χ0v) is 16.1. The first-order valence-corrected chi connectivity index (χ1v) is 9.72. The maximum absolute atomic E-state index is 13.0. The van der Waals surface area contributed by atoms with Crippen LogP contribution in [0.5, 0.6) is 0 Å². The van der Waals surface area contributed by atoms with Gasteiger partial charge >= 0.3 is 0 Å². The highest BCUT2D eigenvalue weighted by atomic mass is 35.5. The molecule has 1 saturated heterocycles. The lowest BCUT2D eigenvalue weighted by molar-refractivity contribution is -0.134. The largest absolute Gasteiger partial charge is 0.333 e. The van der Waals surface area contributed by atoms with Crippen LogP contribution in [0.15, 0.2) is 59.5 Å². The molecule has 1 aliphatic rings. The number of amides is 1. The van der Waals surface area contributed by atoms with Crippen LogP contribution in [0.1, 0.15) is 18.0 Å². The molecule has 1 amide bonds. The third-order valence-electron chi connectivity index (χ3n) is 5.13. The Bertz CT molecular complexity index is 1070. The molecule has 4 rings (SSSR count). The van der Waals surface area contributed by atoms with Crippen LogP contribution in [0.3, 0.4) is 0 Å². The number of para-hydroxylation sites is 1. The van der Waals surface area contributed by atoms with Gasteiger partial charge in [0.05, 0.1) is 24.3 Å². The fraction of sp³-hybridized carbons (Fsp3) is 0.286. The molecule has 6 nitrogen and oxygen atoms in total. The summed E-state index contributed by atoms with van der Waals surface area (Å²) in [5.74, 6) is 0.0519. The molecule has 2 aromatic carbocycles. The summed E-state index contributed by atoms with van der Waals surface area (Å²) in [6, 6.07) is 14.9. The number of aryl methyl sites for hydroxylation is 1. The highest BCUT2D eigenvalue weighted by molar-refractivity contribution is 6.31. The van der Waals surface area contributed by atoms with Crippen molar-refractivity contribution in [2.75, 3.05) is 19.6 Å². The number of aromatic nitrogens is 2. The molecule has 0 spiro atoms. The Hall–Kier alpha value is -2.70. The number of hydrogen-bond donors (Lipinski definition) is 1. The Balaban J connectivity index is 1.54. The summed E-state index contributed by atoms with van der Waals surface area (Å²) in [5.41, 5.74) is 1.58. The monoisotopic (exact) mass is 396 g/mol. The van der Waals surface area contributed by atoms with Crippen LogP contribution < -0.4 is 10.7 Å². The molecule has 1 fully saturated rings. The minimum atomic E-state index is -0.112. The van der Waals surface area contributed by atoms with Crippen molar-refractivity contribution in [1.82, 2.24) is 20.0 Å². The van der Waals surface area contributed by atoms with Crippen LogP contribution in [0.2, 0.25) is 5.02 Å². The summed E-state index contributed by atoms with van der Waals surface area (Å²) in [4.78, 5) is 26.9. The minimum absolute atomic E-state index is 0.0519. The fourth-order valence-corrected chi connectivity index (χ4v) is 3.97. The van der Waals surface area contributed by atoms with Crippen LogP contribution >= 0.6 is 11.6 Å². The van der Waals surface area contributed by atoms with Crippen LogP contribution in [0, 0.1) is 0 Å². The van der Waals surface area contributed by atoms with E-state index in [1.165, 1.54) is 6.20 Å². The summed E-state index contributed by atoms with van der Waals surface area (Å²) in [6.45, 7) is 2.48. The first kappa shape index (κ1) is 18.7. The van der Waals surface area contributed by atoms with Crippen molar-refractivity contribution in [3.05, 3.63) is 75.5 Å². The molecule has 28 heavy (non-hydrogen) atoms. The Labute approximate surface area is 167 Å². The summed E-state index contributed by atoms with van der Waals surface area (Å²) in [6.07, 6.45) is 1.62. The molecule has 144 valence electrons. The number of hydrogen-bond acceptors (Lipinski definition) is 4. The van der Waals surface area contributed by atoms with Crippen molar-refractivity contribution >= 4 is 28.4 Å². The number of rotatable bonds is 4. The Morgan fingerprint density at radius 1 is 1.18 bits per heavy atom. The Morgan fingerprint density at radius 3 is 2.82 bits per heavy atom. The molecule has 2 heterocycles. The van der Waals surface area contributed by atoms with E-state index in [1.807, 2.05) is 47.4 Å². The molecule has 1 atom stereocenters. The molecular weight excluding hydrogens is 376 g/mol. The molecule has 7 heteroatoms. The smallest absolute Gasteiger partial charge is 0.225 e. The standard InChI is InChI=1S/C21H21ClN4O2/c22-17-7-3-1-5-15(17)19-13-23-10-12-25(19)21(28)9-11-26-18-8-4-2-6-16(18)20(27)14-24-26/h1-8,14,19,23H,9-13H2. The van der Waals surface area contributed by atoms with Crippen LogP contribution in [0.4, 0.5) is 0 Å². The first-order chi connectivity index (χ1) is 13.6. The maximum Gasteiger partial charge on any atom is 0.225 e. The molecule has 0 radical (unpaired) electrons. The predicted molar refractivity (Wildman–Crippen MR) is 109 cm³/mol. The van der Waals surface area contributed by atoms with Gasteiger partial charge in [-0.15, -0.1) is 0 Å². The Kier molecular flexibility index (Phi) is 5.41. The third kappa shape index (κ3) is 3.66. The third-order valence-corrected chi connectivity index (χ3v) is 5.47. The van der Waals surface area contributed by atoms with E-state index in [-0.39, 0.29) is 17.4 Å². The van der Waals surface area contributed by atoms with Gasteiger partial charge in [-0.25, -0.2) is 0 Å². The van der Waals surface area contributed by atoms with Crippen LogP contribution in [-0.2, 0) is 11.3 Å². The number of nitrogens with zero attached hydrogens (tertiary/aromatic N) is 3. The van der Waals surface area contributed by atoms with Gasteiger partial charge in [0.15, 0.2) is 0 Å². The topological polar surface area (TPSA) is 67.2 Å². The van der Waals surface area contributed by atoms with E-state index < -0.39 is 0 Å². The number of benzene rings is 2. The summed E-state index contributed by atoms with van der Waals surface area (Å²) in [5, 5.41) is 8.84. The zero-order chi connectivity index (χ0) is 19.5. The van der Waals surface area contributed by atoms with Crippen LogP contribution in [0.25, 0.3) is 10.9 Å². The number of nitrogens with one attached hydrogen (secondary N) is 1. The van der Waals surface area contributed by atoms with Gasteiger partial charge in [-0.3, -0.25) is 14.3 Å². The van der Waals surface area contributed by atoms with Crippen molar-refractivity contribution in [1.29, 1.82) is 0 Å². The normalized spacial score (nSPS) is 17.0. The average molecular weight is 397 g/mol. The van der Waals surface area contributed by atoms with Crippen molar-refractivity contribution in [2.24, 2.45) is 0 Å². The van der Waals surface area contributed by atoms with E-state index >= 15 is 0 Å². The van der Waals surface area contributed by atoms with Gasteiger partial charge in [0.2, 0.25) is 11.3 Å². The number of piperazine rings is 1. The second-order valence-electron chi connectivity index (χ2n) is 6.83. The Morgan fingerprint density at radius 2 is 1.96 bits per heavy atom. The minimum Gasteiger partial charge on any atom is -0.333 e. The lowest BCUT2D eigenvalue weighted by atomic mass is 10.0. The van der Waals surface area contributed by atoms with Gasteiger partial charge in [0.1, 0.15) is 0 Å². The van der Waals surface area contributed by atoms with Gasteiger partial charge in [0, 0.05) is 36.5 Å². The van der Waals surface area contributed by atoms with Gasteiger partial charge < -0.3 is 10.2 Å². The molecule has 0 aliphatic carbocycles. The highest BCUT2D eigenvalue weighted by Crippen LogP contribution is 2.29. The van der Waals surface area contributed by atoms with E-state index in [9.17, 15) is 9.59 Å². The molecule has 1 aliphatic heterocycles. The van der Waals surface area contributed by atoms with Crippen molar-refractivity contribution in [2.45, 2.75) is 19.0 Å². The number of halogens is 1. The predicted octanol–water partition coefficient (Wildman–Crippen LogP) is 2.61. The van der Waals surface area contributed by atoms with E-state index in [0.717, 1.165) is 17.6 Å². The fourth-order valence-electron chi connectivity index (χ4n) is 3.71. The molecule has 0 bridgehead atoms. The maximum atomic E-state index is 13.0. The van der Waals surface area contributed by atoms with Gasteiger partial charge in [0.25, 0.3) is 0 Å². The molecular formula is C21H21ClN4O2. The van der Waals surface area contributed by atoms with Gasteiger partial charge in [-0.05, 0) is 23.8 Å². The lowest BCUT2D eigenvalue weighted by Gasteiger charge is -2.37. The summed E-state index contributed by atoms with van der Waals surface area (Å²) in [7, 11) is 0. The number of fused-ring (bicyclic) bond motifs is 1. The van der Waals surface area contributed by atoms with Gasteiger partial charge in [-0.1, -0.05) is 41.9 Å². The summed E-state index contributed by atoms with van der Waals surface area (Å²) >= 11 is 6.37. The van der Waals surface area contributed by atoms with Crippen molar-refractivity contribution < 1.29 is 4.79 Å². The van der Waals surface area contributed by atoms with Crippen molar-refractivity contribution in [3.8, 4) is 0 Å². The van der Waals surface area contributed by atoms with E-state index in [1.54, 1.807) is 10.7 Å². The van der Waals surface area contributed by atoms with E-state index in [2.05, 4.69) is 10.4 Å².